The number of thiophene rings is 1. The molecule has 0 aliphatic rings. The van der Waals surface area contributed by atoms with Crippen molar-refractivity contribution in [3.05, 3.63) is 34.5 Å². The number of Topliss-reactive ketones (excluding diaryl/α,β-unsaturated/α-hetero) is 1. The first kappa shape index (κ1) is 11.0. The topological polar surface area (TPSA) is 47.8 Å². The molecular formula is C11H13N3OS. The molecule has 0 aromatic carbocycles. The molecule has 2 aromatic rings. The van der Waals surface area contributed by atoms with Gasteiger partial charge in [0, 0.05) is 13.0 Å². The summed E-state index contributed by atoms with van der Waals surface area (Å²) in [7, 11) is 0. The number of carbonyl (C=O) groups is 1. The molecule has 0 bridgehead atoms. The summed E-state index contributed by atoms with van der Waals surface area (Å²) in [5.41, 5.74) is 1.08. The summed E-state index contributed by atoms with van der Waals surface area (Å²) < 4.78 is 1.76. The fraction of sp³-hybridized carbons (Fsp3) is 0.364. The minimum Gasteiger partial charge on any atom is -0.299 e. The lowest BCUT2D eigenvalue weighted by Crippen LogP contribution is -2.12. The van der Waals surface area contributed by atoms with Crippen LogP contribution in [-0.2, 0) is 24.2 Å². The van der Waals surface area contributed by atoms with E-state index in [9.17, 15) is 4.79 Å². The fourth-order valence-corrected chi connectivity index (χ4v) is 2.22. The van der Waals surface area contributed by atoms with E-state index in [0.717, 1.165) is 17.9 Å². The van der Waals surface area contributed by atoms with Gasteiger partial charge >= 0.3 is 0 Å². The van der Waals surface area contributed by atoms with Crippen LogP contribution in [0.2, 0.25) is 0 Å². The standard InChI is InChI=1S/C11H13N3OS/c1-2-14-11(12-8-13-14)6-10(15)5-9-3-4-16-7-9/h3-4,7-8H,2,5-6H2,1H3. The van der Waals surface area contributed by atoms with Crippen LogP contribution in [0.4, 0.5) is 0 Å². The molecule has 2 aromatic heterocycles. The number of hydrogen-bond donors (Lipinski definition) is 0. The molecule has 5 heteroatoms. The van der Waals surface area contributed by atoms with Crippen LogP contribution in [0.5, 0.6) is 0 Å². The molecular weight excluding hydrogens is 222 g/mol. The largest absolute Gasteiger partial charge is 0.299 e. The highest BCUT2D eigenvalue weighted by atomic mass is 32.1. The Morgan fingerprint density at radius 3 is 3.06 bits per heavy atom. The number of nitrogens with zero attached hydrogens (tertiary/aromatic N) is 3. The third kappa shape index (κ3) is 2.55. The van der Waals surface area contributed by atoms with Gasteiger partial charge in [0.25, 0.3) is 0 Å². The lowest BCUT2D eigenvalue weighted by molar-refractivity contribution is -0.117. The molecule has 4 nitrogen and oxygen atoms in total. The normalized spacial score (nSPS) is 10.6. The Labute approximate surface area is 97.9 Å². The molecule has 0 saturated carbocycles. The van der Waals surface area contributed by atoms with Gasteiger partial charge < -0.3 is 0 Å². The summed E-state index contributed by atoms with van der Waals surface area (Å²) in [5, 5.41) is 8.03. The molecule has 2 rings (SSSR count). The third-order valence-corrected chi connectivity index (χ3v) is 3.06. The van der Waals surface area contributed by atoms with Crippen molar-refractivity contribution in [1.82, 2.24) is 14.8 Å². The Bertz CT molecular complexity index is 461. The molecule has 0 atom stereocenters. The number of carbonyl (C=O) groups excluding carboxylic acids is 1. The smallest absolute Gasteiger partial charge is 0.144 e. The lowest BCUT2D eigenvalue weighted by atomic mass is 10.1. The molecule has 84 valence electrons. The van der Waals surface area contributed by atoms with Gasteiger partial charge in [-0.2, -0.15) is 16.4 Å². The number of rotatable bonds is 5. The zero-order valence-corrected chi connectivity index (χ0v) is 9.91. The molecule has 0 aliphatic carbocycles. The van der Waals surface area contributed by atoms with E-state index in [2.05, 4.69) is 10.1 Å². The Kier molecular flexibility index (Phi) is 3.46. The van der Waals surface area contributed by atoms with Gasteiger partial charge in [-0.25, -0.2) is 9.67 Å². The van der Waals surface area contributed by atoms with E-state index in [4.69, 9.17) is 0 Å². The summed E-state index contributed by atoms with van der Waals surface area (Å²) >= 11 is 1.61. The molecule has 2 heterocycles. The Balaban J connectivity index is 1.97. The van der Waals surface area contributed by atoms with Crippen LogP contribution in [0.25, 0.3) is 0 Å². The van der Waals surface area contributed by atoms with Gasteiger partial charge in [0.2, 0.25) is 0 Å². The second-order valence-electron chi connectivity index (χ2n) is 3.52. The second kappa shape index (κ2) is 5.03. The van der Waals surface area contributed by atoms with E-state index in [-0.39, 0.29) is 5.78 Å². The van der Waals surface area contributed by atoms with Crippen molar-refractivity contribution in [2.45, 2.75) is 26.3 Å². The molecule has 16 heavy (non-hydrogen) atoms. The van der Waals surface area contributed by atoms with Crippen LogP contribution in [-0.4, -0.2) is 20.5 Å². The van der Waals surface area contributed by atoms with Crippen molar-refractivity contribution in [3.63, 3.8) is 0 Å². The molecule has 0 radical (unpaired) electrons. The molecule has 0 spiro atoms. The van der Waals surface area contributed by atoms with Crippen molar-refractivity contribution < 1.29 is 4.79 Å². The van der Waals surface area contributed by atoms with Gasteiger partial charge in [-0.05, 0) is 29.3 Å². The number of ketones is 1. The van der Waals surface area contributed by atoms with E-state index in [1.165, 1.54) is 6.33 Å². The van der Waals surface area contributed by atoms with Crippen LogP contribution in [0.1, 0.15) is 18.3 Å². The molecule has 0 amide bonds. The van der Waals surface area contributed by atoms with Crippen LogP contribution in [0.15, 0.2) is 23.2 Å². The Hall–Kier alpha value is -1.49. The molecule has 0 fully saturated rings. The number of aryl methyl sites for hydroxylation is 1. The van der Waals surface area contributed by atoms with Gasteiger partial charge in [0.1, 0.15) is 17.9 Å². The van der Waals surface area contributed by atoms with E-state index in [1.807, 2.05) is 23.8 Å². The van der Waals surface area contributed by atoms with E-state index in [0.29, 0.717) is 12.8 Å². The SMILES string of the molecule is CCn1ncnc1CC(=O)Cc1ccsc1. The van der Waals surface area contributed by atoms with Gasteiger partial charge in [0.05, 0.1) is 6.42 Å². The van der Waals surface area contributed by atoms with E-state index in [1.54, 1.807) is 16.0 Å². The zero-order chi connectivity index (χ0) is 11.4. The highest BCUT2D eigenvalue weighted by Crippen LogP contribution is 2.08. The third-order valence-electron chi connectivity index (χ3n) is 2.33. The summed E-state index contributed by atoms with van der Waals surface area (Å²) in [5.74, 6) is 0.934. The first-order chi connectivity index (χ1) is 7.79. The maximum Gasteiger partial charge on any atom is 0.144 e. The lowest BCUT2D eigenvalue weighted by Gasteiger charge is -2.01. The average molecular weight is 235 g/mol. The average Bonchev–Trinajstić information content (AvgIpc) is 2.88. The van der Waals surface area contributed by atoms with Crippen molar-refractivity contribution >= 4 is 17.1 Å². The minimum atomic E-state index is 0.182. The van der Waals surface area contributed by atoms with Crippen LogP contribution >= 0.6 is 11.3 Å². The van der Waals surface area contributed by atoms with E-state index >= 15 is 0 Å². The quantitative estimate of drug-likeness (QED) is 0.792. The maximum absolute atomic E-state index is 11.8. The highest BCUT2D eigenvalue weighted by molar-refractivity contribution is 7.07. The zero-order valence-electron chi connectivity index (χ0n) is 9.09. The minimum absolute atomic E-state index is 0.182. The fourth-order valence-electron chi connectivity index (χ4n) is 1.55. The predicted molar refractivity (Wildman–Crippen MR) is 62.4 cm³/mol. The van der Waals surface area contributed by atoms with E-state index < -0.39 is 0 Å². The van der Waals surface area contributed by atoms with Crippen LogP contribution < -0.4 is 0 Å². The van der Waals surface area contributed by atoms with Crippen molar-refractivity contribution in [1.29, 1.82) is 0 Å². The molecule has 0 aliphatic heterocycles. The monoisotopic (exact) mass is 235 g/mol. The first-order valence-corrected chi connectivity index (χ1v) is 6.13. The number of aromatic nitrogens is 3. The maximum atomic E-state index is 11.8. The highest BCUT2D eigenvalue weighted by Gasteiger charge is 2.10. The van der Waals surface area contributed by atoms with Gasteiger partial charge in [-0.15, -0.1) is 0 Å². The van der Waals surface area contributed by atoms with Crippen molar-refractivity contribution in [2.75, 3.05) is 0 Å². The summed E-state index contributed by atoms with van der Waals surface area (Å²) in [4.78, 5) is 15.9. The molecule has 0 saturated heterocycles. The van der Waals surface area contributed by atoms with Crippen molar-refractivity contribution in [3.8, 4) is 0 Å². The second-order valence-corrected chi connectivity index (χ2v) is 4.30. The Morgan fingerprint density at radius 2 is 2.38 bits per heavy atom. The van der Waals surface area contributed by atoms with Gasteiger partial charge in [-0.3, -0.25) is 4.79 Å². The number of hydrogen-bond acceptors (Lipinski definition) is 4. The van der Waals surface area contributed by atoms with Crippen molar-refractivity contribution in [2.24, 2.45) is 0 Å². The molecule has 0 N–H and O–H groups in total. The van der Waals surface area contributed by atoms with Crippen LogP contribution in [0, 0.1) is 0 Å². The summed E-state index contributed by atoms with van der Waals surface area (Å²) in [6, 6.07) is 1.98. The van der Waals surface area contributed by atoms with Crippen LogP contribution in [0.3, 0.4) is 0 Å². The predicted octanol–water partition coefficient (Wildman–Crippen LogP) is 1.71. The Morgan fingerprint density at radius 1 is 1.50 bits per heavy atom. The molecule has 0 unspecified atom stereocenters. The summed E-state index contributed by atoms with van der Waals surface area (Å²) in [6.07, 6.45) is 2.35. The first-order valence-electron chi connectivity index (χ1n) is 5.19. The van der Waals surface area contributed by atoms with Gasteiger partial charge in [-0.1, -0.05) is 0 Å². The summed E-state index contributed by atoms with van der Waals surface area (Å²) in [6.45, 7) is 2.74. The van der Waals surface area contributed by atoms with Gasteiger partial charge in [0.15, 0.2) is 0 Å².